The van der Waals surface area contributed by atoms with Gasteiger partial charge in [0.2, 0.25) is 0 Å². The van der Waals surface area contributed by atoms with Gasteiger partial charge in [-0.15, -0.1) is 0 Å². The maximum absolute atomic E-state index is 11.3. The highest BCUT2D eigenvalue weighted by Crippen LogP contribution is 2.74. The van der Waals surface area contributed by atoms with Crippen LogP contribution in [0.4, 0.5) is 0 Å². The van der Waals surface area contributed by atoms with Crippen molar-refractivity contribution in [1.82, 2.24) is 0 Å². The molecule has 2 bridgehead atoms. The Kier molecular flexibility index (Phi) is 1.35. The summed E-state index contributed by atoms with van der Waals surface area (Å²) in [6.45, 7) is 2.03. The van der Waals surface area contributed by atoms with Gasteiger partial charge < -0.3 is 10.5 Å². The third-order valence-electron chi connectivity index (χ3n) is 3.66. The average molecular weight is 169 g/mol. The Morgan fingerprint density at radius 3 is 2.33 bits per heavy atom. The molecule has 3 aliphatic carbocycles. The molecule has 12 heavy (non-hydrogen) atoms. The Bertz CT molecular complexity index is 215. The van der Waals surface area contributed by atoms with Gasteiger partial charge in [0.25, 0.3) is 0 Å². The molecule has 0 aliphatic heterocycles. The molecule has 3 rings (SSSR count). The van der Waals surface area contributed by atoms with E-state index >= 15 is 0 Å². The molecular formula is C9H15NO2. The van der Waals surface area contributed by atoms with Crippen LogP contribution < -0.4 is 5.73 Å². The molecule has 0 aromatic carbocycles. The first-order valence-electron chi connectivity index (χ1n) is 4.39. The smallest absolute Gasteiger partial charge is 0.311 e. The average Bonchev–Trinajstić information content (AvgIpc) is 1.80. The zero-order valence-electron chi connectivity index (χ0n) is 7.59. The third kappa shape index (κ3) is 0.678. The number of rotatable bonds is 2. The number of esters is 1. The lowest BCUT2D eigenvalue weighted by Crippen LogP contribution is -2.70. The first kappa shape index (κ1) is 8.05. The highest BCUT2D eigenvalue weighted by atomic mass is 16.5. The molecule has 0 radical (unpaired) electrons. The van der Waals surface area contributed by atoms with Crippen LogP contribution in [0.15, 0.2) is 0 Å². The summed E-state index contributed by atoms with van der Waals surface area (Å²) in [7, 11) is 1.46. The summed E-state index contributed by atoms with van der Waals surface area (Å²) in [5.74, 6) is -0.0370. The highest BCUT2D eigenvalue weighted by Gasteiger charge is 2.73. The predicted molar refractivity (Wildman–Crippen MR) is 44.4 cm³/mol. The normalized spacial score (nSPS) is 45.6. The number of nitrogens with two attached hydrogens (primary N) is 1. The quantitative estimate of drug-likeness (QED) is 0.618. The van der Waals surface area contributed by atoms with Crippen LogP contribution in [0.1, 0.15) is 26.2 Å². The lowest BCUT2D eigenvalue weighted by atomic mass is 9.33. The number of methoxy groups -OCH3 is 1. The lowest BCUT2D eigenvalue weighted by Gasteiger charge is -2.70. The Morgan fingerprint density at radius 1 is 1.50 bits per heavy atom. The van der Waals surface area contributed by atoms with Gasteiger partial charge in [0.1, 0.15) is 0 Å². The van der Waals surface area contributed by atoms with Crippen molar-refractivity contribution < 1.29 is 9.53 Å². The summed E-state index contributed by atoms with van der Waals surface area (Å²) in [5, 5.41) is 0. The van der Waals surface area contributed by atoms with Gasteiger partial charge in [-0.1, -0.05) is 0 Å². The number of carbonyl (C=O) groups excluding carboxylic acids is 1. The molecule has 3 aliphatic rings. The summed E-state index contributed by atoms with van der Waals surface area (Å²) < 4.78 is 4.74. The maximum atomic E-state index is 11.3. The van der Waals surface area contributed by atoms with Crippen molar-refractivity contribution in [2.75, 3.05) is 7.11 Å². The van der Waals surface area contributed by atoms with Crippen LogP contribution in [0.3, 0.4) is 0 Å². The van der Waals surface area contributed by atoms with Crippen molar-refractivity contribution in [3.8, 4) is 0 Å². The van der Waals surface area contributed by atoms with E-state index in [0.717, 1.165) is 19.3 Å². The first-order chi connectivity index (χ1) is 5.55. The number of hydrogen-bond donors (Lipinski definition) is 1. The van der Waals surface area contributed by atoms with E-state index < -0.39 is 0 Å². The second kappa shape index (κ2) is 2.02. The van der Waals surface area contributed by atoms with E-state index in [1.165, 1.54) is 7.11 Å². The van der Waals surface area contributed by atoms with Crippen molar-refractivity contribution in [2.45, 2.75) is 32.2 Å². The molecule has 68 valence electrons. The summed E-state index contributed by atoms with van der Waals surface area (Å²) in [4.78, 5) is 11.3. The second-order valence-electron chi connectivity index (χ2n) is 4.45. The van der Waals surface area contributed by atoms with Crippen LogP contribution in [-0.2, 0) is 9.53 Å². The van der Waals surface area contributed by atoms with Crippen molar-refractivity contribution >= 4 is 5.97 Å². The molecule has 3 fully saturated rings. The second-order valence-corrected chi connectivity index (χ2v) is 4.45. The minimum absolute atomic E-state index is 0.0370. The predicted octanol–water partition coefficient (Wildman–Crippen LogP) is 0.677. The van der Waals surface area contributed by atoms with Gasteiger partial charge in [-0.05, 0) is 31.6 Å². The minimum Gasteiger partial charge on any atom is -0.469 e. The number of hydrogen-bond acceptors (Lipinski definition) is 3. The van der Waals surface area contributed by atoms with Crippen LogP contribution >= 0.6 is 0 Å². The zero-order valence-corrected chi connectivity index (χ0v) is 7.59. The topological polar surface area (TPSA) is 52.3 Å². The van der Waals surface area contributed by atoms with Gasteiger partial charge in [0.05, 0.1) is 12.5 Å². The zero-order chi connectivity index (χ0) is 8.98. The Labute approximate surface area is 72.3 Å². The molecule has 0 aromatic rings. The molecule has 3 saturated carbocycles. The molecule has 0 heterocycles. The summed E-state index contributed by atoms with van der Waals surface area (Å²) in [5.41, 5.74) is 5.98. The van der Waals surface area contributed by atoms with Crippen LogP contribution in [0.2, 0.25) is 0 Å². The fraction of sp³-hybridized carbons (Fsp3) is 0.889. The van der Waals surface area contributed by atoms with Crippen molar-refractivity contribution in [3.63, 3.8) is 0 Å². The molecule has 3 heteroatoms. The molecule has 2 N–H and O–H groups in total. The molecule has 1 atom stereocenters. The Hall–Kier alpha value is -0.570. The summed E-state index contributed by atoms with van der Waals surface area (Å²) in [6.07, 6.45) is 2.85. The number of carbonyl (C=O) groups is 1. The lowest BCUT2D eigenvalue weighted by molar-refractivity contribution is -0.230. The summed E-state index contributed by atoms with van der Waals surface area (Å²) >= 11 is 0. The summed E-state index contributed by atoms with van der Waals surface area (Å²) in [6, 6.07) is 0.226. The fourth-order valence-corrected chi connectivity index (χ4v) is 2.78. The van der Waals surface area contributed by atoms with Crippen molar-refractivity contribution in [3.05, 3.63) is 0 Å². The standard InChI is InChI=1S/C9H15NO2/c1-6(10)8-3-9(4-8,5-8)7(11)12-2/h6H,3-5,10H2,1-2H3. The van der Waals surface area contributed by atoms with Gasteiger partial charge in [0, 0.05) is 6.04 Å². The van der Waals surface area contributed by atoms with E-state index in [1.807, 2.05) is 6.92 Å². The van der Waals surface area contributed by atoms with Gasteiger partial charge in [-0.2, -0.15) is 0 Å². The minimum atomic E-state index is -0.123. The first-order valence-corrected chi connectivity index (χ1v) is 4.39. The van der Waals surface area contributed by atoms with E-state index in [-0.39, 0.29) is 22.8 Å². The van der Waals surface area contributed by atoms with E-state index in [2.05, 4.69) is 0 Å². The Balaban J connectivity index is 2.00. The fourth-order valence-electron chi connectivity index (χ4n) is 2.78. The molecule has 0 saturated heterocycles. The SMILES string of the molecule is COC(=O)C12CC(C(C)N)(C1)C2. The monoisotopic (exact) mass is 169 g/mol. The molecular weight excluding hydrogens is 154 g/mol. The van der Waals surface area contributed by atoms with Crippen LogP contribution in [0, 0.1) is 10.8 Å². The van der Waals surface area contributed by atoms with E-state index in [9.17, 15) is 4.79 Å². The van der Waals surface area contributed by atoms with Crippen LogP contribution in [0.5, 0.6) is 0 Å². The van der Waals surface area contributed by atoms with Gasteiger partial charge in [-0.25, -0.2) is 0 Å². The number of ether oxygens (including phenoxy) is 1. The Morgan fingerprint density at radius 2 is 2.00 bits per heavy atom. The van der Waals surface area contributed by atoms with Gasteiger partial charge in [-0.3, -0.25) is 4.79 Å². The van der Waals surface area contributed by atoms with Gasteiger partial charge >= 0.3 is 5.97 Å². The largest absolute Gasteiger partial charge is 0.469 e. The molecule has 0 aromatic heterocycles. The van der Waals surface area contributed by atoms with Crippen molar-refractivity contribution in [2.24, 2.45) is 16.6 Å². The van der Waals surface area contributed by atoms with Gasteiger partial charge in [0.15, 0.2) is 0 Å². The van der Waals surface area contributed by atoms with Crippen LogP contribution in [-0.4, -0.2) is 19.1 Å². The molecule has 3 nitrogen and oxygen atoms in total. The van der Waals surface area contributed by atoms with E-state index in [1.54, 1.807) is 0 Å². The van der Waals surface area contributed by atoms with E-state index in [0.29, 0.717) is 0 Å². The molecule has 0 amide bonds. The van der Waals surface area contributed by atoms with Crippen molar-refractivity contribution in [1.29, 1.82) is 0 Å². The highest BCUT2D eigenvalue weighted by molar-refractivity contribution is 5.81. The molecule has 1 unspecified atom stereocenters. The van der Waals surface area contributed by atoms with E-state index in [4.69, 9.17) is 10.5 Å². The van der Waals surface area contributed by atoms with Crippen LogP contribution in [0.25, 0.3) is 0 Å². The molecule has 0 spiro atoms. The third-order valence-corrected chi connectivity index (χ3v) is 3.66. The maximum Gasteiger partial charge on any atom is 0.311 e.